The molecule has 0 amide bonds. The number of rotatable bonds is 7. The molecule has 0 saturated carbocycles. The molecule has 0 fully saturated rings. The number of nitriles is 1. The van der Waals surface area contributed by atoms with Crippen LogP contribution in [-0.2, 0) is 21.2 Å². The summed E-state index contributed by atoms with van der Waals surface area (Å²) in [4.78, 5) is 1.92. The molecule has 8 nitrogen and oxygen atoms in total. The van der Waals surface area contributed by atoms with Gasteiger partial charge in [0.2, 0.25) is 6.35 Å². The van der Waals surface area contributed by atoms with E-state index < -0.39 is 22.9 Å². The van der Waals surface area contributed by atoms with Crippen LogP contribution in [0.5, 0.6) is 0 Å². The van der Waals surface area contributed by atoms with E-state index in [-0.39, 0.29) is 10.5 Å². The summed E-state index contributed by atoms with van der Waals surface area (Å²) in [6, 6.07) is 15.4. The topological polar surface area (TPSA) is 100 Å². The molecular formula is C24H24FN5O3S. The lowest BCUT2D eigenvalue weighted by Crippen LogP contribution is -2.39. The highest BCUT2D eigenvalue weighted by Gasteiger charge is 2.33. The van der Waals surface area contributed by atoms with Gasteiger partial charge in [0.1, 0.15) is 6.67 Å². The van der Waals surface area contributed by atoms with Gasteiger partial charge in [-0.05, 0) is 55.8 Å². The van der Waals surface area contributed by atoms with Crippen molar-refractivity contribution in [2.45, 2.75) is 31.8 Å². The molecule has 2 heterocycles. The number of nitrogens with zero attached hydrogens (tertiary/aromatic N) is 4. The molecule has 0 bridgehead atoms. The molecule has 1 aliphatic rings. The van der Waals surface area contributed by atoms with Gasteiger partial charge in [-0.3, -0.25) is 0 Å². The number of hydrogen-bond acceptors (Lipinski definition) is 7. The average Bonchev–Trinajstić information content (AvgIpc) is 3.42. The first kappa shape index (κ1) is 23.5. The number of anilines is 1. The summed E-state index contributed by atoms with van der Waals surface area (Å²) in [6.07, 6.45) is 2.12. The van der Waals surface area contributed by atoms with Gasteiger partial charge in [-0.15, -0.1) is 0 Å². The summed E-state index contributed by atoms with van der Waals surface area (Å²) >= 11 is 0. The third kappa shape index (κ3) is 4.27. The maximum Gasteiger partial charge on any atom is 0.212 e. The van der Waals surface area contributed by atoms with Crippen LogP contribution >= 0.6 is 0 Å². The smallest absolute Gasteiger partial charge is 0.212 e. The number of benzene rings is 2. The Morgan fingerprint density at radius 2 is 2.03 bits per heavy atom. The van der Waals surface area contributed by atoms with Crippen molar-refractivity contribution in [3.05, 3.63) is 77.2 Å². The maximum absolute atomic E-state index is 13.3. The molecule has 10 heteroatoms. The maximum atomic E-state index is 13.3. The summed E-state index contributed by atoms with van der Waals surface area (Å²) in [5, 5.41) is 17.0. The van der Waals surface area contributed by atoms with Crippen molar-refractivity contribution in [2.75, 3.05) is 17.8 Å². The minimum absolute atomic E-state index is 0.00149. The van der Waals surface area contributed by atoms with Gasteiger partial charge < -0.3 is 15.0 Å². The van der Waals surface area contributed by atoms with Gasteiger partial charge in [-0.2, -0.15) is 10.4 Å². The first-order valence-corrected chi connectivity index (χ1v) is 12.5. The largest absolute Gasteiger partial charge is 0.341 e. The number of aromatic nitrogens is 2. The Hall–Kier alpha value is -3.68. The van der Waals surface area contributed by atoms with E-state index in [0.29, 0.717) is 29.2 Å². The van der Waals surface area contributed by atoms with Crippen LogP contribution in [0.2, 0.25) is 0 Å². The molecule has 2 aromatic carbocycles. The Labute approximate surface area is 197 Å². The first-order chi connectivity index (χ1) is 16.3. The Morgan fingerprint density at radius 1 is 1.24 bits per heavy atom. The molecule has 0 radical (unpaired) electrons. The predicted molar refractivity (Wildman–Crippen MR) is 126 cm³/mol. The van der Waals surface area contributed by atoms with Gasteiger partial charge in [0.05, 0.1) is 39.8 Å². The van der Waals surface area contributed by atoms with Crippen molar-refractivity contribution in [1.29, 1.82) is 5.26 Å². The van der Waals surface area contributed by atoms with E-state index in [1.165, 1.54) is 10.7 Å². The normalized spacial score (nSPS) is 16.0. The SMILES string of the molecule is CCOC1NC(c2ccnn2-c2ccc(C#N)cc2S(C)(=O)=O)=C(C)N1c1cccc(CF)c1. The number of nitrogens with one attached hydrogen (secondary N) is 1. The highest BCUT2D eigenvalue weighted by Crippen LogP contribution is 2.34. The van der Waals surface area contributed by atoms with E-state index in [2.05, 4.69) is 10.4 Å². The molecule has 1 atom stereocenters. The Morgan fingerprint density at radius 3 is 2.71 bits per heavy atom. The average molecular weight is 482 g/mol. The van der Waals surface area contributed by atoms with Crippen LogP contribution in [0.3, 0.4) is 0 Å². The molecule has 1 N–H and O–H groups in total. The second-order valence-electron chi connectivity index (χ2n) is 7.78. The van der Waals surface area contributed by atoms with Crippen LogP contribution in [0.15, 0.2) is 65.3 Å². The number of alkyl halides is 1. The number of ether oxygens (including phenoxy) is 1. The van der Waals surface area contributed by atoms with Gasteiger partial charge >= 0.3 is 0 Å². The van der Waals surface area contributed by atoms with Crippen molar-refractivity contribution in [3.8, 4) is 11.8 Å². The second-order valence-corrected chi connectivity index (χ2v) is 9.76. The predicted octanol–water partition coefficient (Wildman–Crippen LogP) is 3.74. The van der Waals surface area contributed by atoms with Crippen molar-refractivity contribution in [1.82, 2.24) is 15.1 Å². The summed E-state index contributed by atoms with van der Waals surface area (Å²) in [5.74, 6) is 0. The van der Waals surface area contributed by atoms with Crippen LogP contribution in [-0.4, -0.2) is 37.4 Å². The number of sulfone groups is 1. The molecule has 4 rings (SSSR count). The van der Waals surface area contributed by atoms with E-state index in [0.717, 1.165) is 17.6 Å². The minimum atomic E-state index is -3.65. The zero-order chi connectivity index (χ0) is 24.5. The van der Waals surface area contributed by atoms with Gasteiger partial charge in [0.15, 0.2) is 9.84 Å². The van der Waals surface area contributed by atoms with E-state index in [4.69, 9.17) is 4.74 Å². The van der Waals surface area contributed by atoms with Crippen LogP contribution < -0.4 is 10.2 Å². The monoisotopic (exact) mass is 481 g/mol. The second kappa shape index (κ2) is 9.29. The van der Waals surface area contributed by atoms with Crippen LogP contribution in [0.25, 0.3) is 11.4 Å². The van der Waals surface area contributed by atoms with Crippen molar-refractivity contribution in [3.63, 3.8) is 0 Å². The zero-order valence-corrected chi connectivity index (χ0v) is 19.8. The molecule has 34 heavy (non-hydrogen) atoms. The van der Waals surface area contributed by atoms with Gasteiger partial charge in [-0.25, -0.2) is 17.5 Å². The lowest BCUT2D eigenvalue weighted by Gasteiger charge is -2.27. The van der Waals surface area contributed by atoms with Gasteiger partial charge in [0, 0.05) is 24.2 Å². The van der Waals surface area contributed by atoms with Gasteiger partial charge in [0.25, 0.3) is 0 Å². The molecule has 1 unspecified atom stereocenters. The highest BCUT2D eigenvalue weighted by atomic mass is 32.2. The minimum Gasteiger partial charge on any atom is -0.341 e. The molecule has 1 aromatic heterocycles. The molecule has 176 valence electrons. The third-order valence-electron chi connectivity index (χ3n) is 5.51. The number of halogens is 1. The molecule has 0 aliphatic carbocycles. The zero-order valence-electron chi connectivity index (χ0n) is 19.0. The number of allylic oxidation sites excluding steroid dienone is 1. The van der Waals surface area contributed by atoms with Crippen molar-refractivity contribution in [2.24, 2.45) is 0 Å². The molecule has 0 spiro atoms. The first-order valence-electron chi connectivity index (χ1n) is 10.6. The molecule has 0 saturated heterocycles. The fourth-order valence-electron chi connectivity index (χ4n) is 3.98. The lowest BCUT2D eigenvalue weighted by molar-refractivity contribution is 0.0586. The van der Waals surface area contributed by atoms with E-state index >= 15 is 0 Å². The van der Waals surface area contributed by atoms with Gasteiger partial charge in [-0.1, -0.05) is 12.1 Å². The van der Waals surface area contributed by atoms with E-state index in [9.17, 15) is 18.1 Å². The van der Waals surface area contributed by atoms with E-state index in [1.807, 2.05) is 30.9 Å². The van der Waals surface area contributed by atoms with Crippen molar-refractivity contribution >= 4 is 21.2 Å². The fraction of sp³-hybridized carbons (Fsp3) is 0.250. The summed E-state index contributed by atoms with van der Waals surface area (Å²) in [5.41, 5.74) is 3.97. The Kier molecular flexibility index (Phi) is 6.41. The van der Waals surface area contributed by atoms with Crippen molar-refractivity contribution < 1.29 is 17.5 Å². The summed E-state index contributed by atoms with van der Waals surface area (Å²) < 4.78 is 45.8. The molecular weight excluding hydrogens is 457 g/mol. The molecule has 3 aromatic rings. The van der Waals surface area contributed by atoms with Crippen LogP contribution in [0.1, 0.15) is 30.7 Å². The Bertz CT molecular complexity index is 1410. The summed E-state index contributed by atoms with van der Waals surface area (Å²) in [7, 11) is -3.65. The third-order valence-corrected chi connectivity index (χ3v) is 6.63. The quantitative estimate of drug-likeness (QED) is 0.549. The van der Waals surface area contributed by atoms with Crippen LogP contribution in [0.4, 0.5) is 10.1 Å². The fourth-order valence-corrected chi connectivity index (χ4v) is 4.86. The Balaban J connectivity index is 1.86. The number of hydrogen-bond donors (Lipinski definition) is 1. The molecule has 1 aliphatic heterocycles. The van der Waals surface area contributed by atoms with Crippen LogP contribution in [0, 0.1) is 11.3 Å². The van der Waals surface area contributed by atoms with E-state index in [1.54, 1.807) is 42.6 Å². The highest BCUT2D eigenvalue weighted by molar-refractivity contribution is 7.90. The standard InChI is InChI=1S/C24H24FN5O3S/c1-4-33-24-28-23(16(2)29(24)19-7-5-6-17(12-19)14-25)21-10-11-27-30(21)20-9-8-18(15-26)13-22(20)34(3,31)32/h5-13,24,28H,4,14H2,1-3H3. The lowest BCUT2D eigenvalue weighted by atomic mass is 10.2. The summed E-state index contributed by atoms with van der Waals surface area (Å²) in [6.45, 7) is 3.63.